The monoisotopic (exact) mass is 330 g/mol. The lowest BCUT2D eigenvalue weighted by Gasteiger charge is -2.18. The van der Waals surface area contributed by atoms with Crippen LogP contribution in [0.15, 0.2) is 24.3 Å². The van der Waals surface area contributed by atoms with Crippen molar-refractivity contribution in [2.24, 2.45) is 0 Å². The average molecular weight is 330 g/mol. The molecule has 21 heavy (non-hydrogen) atoms. The molecule has 0 aliphatic rings. The van der Waals surface area contributed by atoms with E-state index in [1.54, 1.807) is 19.1 Å². The van der Waals surface area contributed by atoms with Crippen LogP contribution in [0, 0.1) is 10.1 Å². The summed E-state index contributed by atoms with van der Waals surface area (Å²) in [4.78, 5) is 10.1. The molecule has 8 heteroatoms. The second-order valence-electron chi connectivity index (χ2n) is 6.32. The summed E-state index contributed by atoms with van der Waals surface area (Å²) in [7, 11) is -4.75. The van der Waals surface area contributed by atoms with Crippen LogP contribution in [0.25, 0.3) is 0 Å². The maximum absolute atomic E-state index is 12.0. The number of benzene rings is 1. The number of rotatable bonds is 7. The Hall–Kier alpha value is -1.25. The van der Waals surface area contributed by atoms with E-state index >= 15 is 0 Å². The molecule has 1 rings (SSSR count). The summed E-state index contributed by atoms with van der Waals surface area (Å²) in [6.07, 6.45) is 0. The normalized spacial score (nSPS) is 13.9. The fourth-order valence-electron chi connectivity index (χ4n) is 1.72. The molecule has 1 N–H and O–H groups in total. The van der Waals surface area contributed by atoms with E-state index in [1.165, 1.54) is 12.1 Å². The Morgan fingerprint density at radius 1 is 1.24 bits per heavy atom. The SMILES string of the molecule is CC(NS(=O)(=O)CC[Si](C)(C)C)c1ccc([N+](=O)[O-])cc1. The molecular formula is C13H22N2O4SSi. The third-order valence-electron chi connectivity index (χ3n) is 3.08. The molecule has 1 atom stereocenters. The zero-order valence-corrected chi connectivity index (χ0v) is 14.6. The molecule has 0 spiro atoms. The highest BCUT2D eigenvalue weighted by molar-refractivity contribution is 7.89. The number of sulfonamides is 1. The lowest BCUT2D eigenvalue weighted by Crippen LogP contribution is -2.32. The maximum atomic E-state index is 12.0. The van der Waals surface area contributed by atoms with E-state index in [0.29, 0.717) is 11.6 Å². The minimum Gasteiger partial charge on any atom is -0.258 e. The van der Waals surface area contributed by atoms with Gasteiger partial charge < -0.3 is 0 Å². The first-order chi connectivity index (χ1) is 9.50. The molecule has 0 amide bonds. The second-order valence-corrected chi connectivity index (χ2v) is 13.8. The quantitative estimate of drug-likeness (QED) is 0.473. The van der Waals surface area contributed by atoms with Gasteiger partial charge in [0.15, 0.2) is 0 Å². The Bertz CT molecular complexity index is 594. The smallest absolute Gasteiger partial charge is 0.258 e. The van der Waals surface area contributed by atoms with Crippen molar-refractivity contribution in [3.05, 3.63) is 39.9 Å². The predicted octanol–water partition coefficient (Wildman–Crippen LogP) is 2.91. The van der Waals surface area contributed by atoms with Crippen molar-refractivity contribution in [1.29, 1.82) is 0 Å². The van der Waals surface area contributed by atoms with Gasteiger partial charge in [0.2, 0.25) is 10.0 Å². The highest BCUT2D eigenvalue weighted by atomic mass is 32.2. The van der Waals surface area contributed by atoms with Crippen molar-refractivity contribution in [3.8, 4) is 0 Å². The minimum absolute atomic E-state index is 0.00691. The summed E-state index contributed by atoms with van der Waals surface area (Å²) in [5, 5.41) is 10.6. The summed E-state index contributed by atoms with van der Waals surface area (Å²) in [6.45, 7) is 8.11. The van der Waals surface area contributed by atoms with Gasteiger partial charge in [-0.25, -0.2) is 13.1 Å². The van der Waals surface area contributed by atoms with Crippen LogP contribution in [0.3, 0.4) is 0 Å². The van der Waals surface area contributed by atoms with Gasteiger partial charge in [-0.15, -0.1) is 0 Å². The number of non-ortho nitro benzene ring substituents is 1. The third kappa shape index (κ3) is 6.36. The van der Waals surface area contributed by atoms with Gasteiger partial charge in [0, 0.05) is 26.2 Å². The standard InChI is InChI=1S/C13H22N2O4SSi/c1-11(12-5-7-13(8-6-12)15(16)17)14-20(18,19)9-10-21(2,3)4/h5-8,11,14H,9-10H2,1-4H3. The average Bonchev–Trinajstić information content (AvgIpc) is 2.35. The summed E-state index contributed by atoms with van der Waals surface area (Å²) in [6, 6.07) is 6.20. The zero-order valence-electron chi connectivity index (χ0n) is 12.8. The molecule has 0 aliphatic carbocycles. The number of nitrogens with zero attached hydrogens (tertiary/aromatic N) is 1. The van der Waals surface area contributed by atoms with Crippen LogP contribution < -0.4 is 4.72 Å². The van der Waals surface area contributed by atoms with E-state index in [4.69, 9.17) is 0 Å². The second kappa shape index (κ2) is 6.67. The summed E-state index contributed by atoms with van der Waals surface area (Å²) in [5.41, 5.74) is 0.699. The number of nitro groups is 1. The molecule has 1 aromatic rings. The summed E-state index contributed by atoms with van der Waals surface area (Å²) >= 11 is 0. The van der Waals surface area contributed by atoms with Crippen molar-refractivity contribution in [2.75, 3.05) is 5.75 Å². The highest BCUT2D eigenvalue weighted by Gasteiger charge is 2.21. The Labute approximate surface area is 126 Å². The van der Waals surface area contributed by atoms with Crippen molar-refractivity contribution in [1.82, 2.24) is 4.72 Å². The molecule has 118 valence electrons. The Balaban J connectivity index is 2.71. The molecule has 0 radical (unpaired) electrons. The van der Waals surface area contributed by atoms with Gasteiger partial charge in [0.1, 0.15) is 0 Å². The van der Waals surface area contributed by atoms with Crippen LogP contribution in [0.4, 0.5) is 5.69 Å². The zero-order chi connectivity index (χ0) is 16.3. The molecule has 0 bridgehead atoms. The van der Waals surface area contributed by atoms with Crippen molar-refractivity contribution in [2.45, 2.75) is 38.7 Å². The first-order valence-electron chi connectivity index (χ1n) is 6.74. The van der Waals surface area contributed by atoms with Crippen LogP contribution in [-0.4, -0.2) is 27.2 Å². The molecule has 0 saturated carbocycles. The predicted molar refractivity (Wildman–Crippen MR) is 86.6 cm³/mol. The van der Waals surface area contributed by atoms with Crippen LogP contribution >= 0.6 is 0 Å². The van der Waals surface area contributed by atoms with Crippen LogP contribution in [-0.2, 0) is 10.0 Å². The molecular weight excluding hydrogens is 308 g/mol. The van der Waals surface area contributed by atoms with Gasteiger partial charge in [0.25, 0.3) is 5.69 Å². The maximum Gasteiger partial charge on any atom is 0.269 e. The molecule has 1 unspecified atom stereocenters. The topological polar surface area (TPSA) is 89.3 Å². The van der Waals surface area contributed by atoms with E-state index in [9.17, 15) is 18.5 Å². The minimum atomic E-state index is -3.34. The highest BCUT2D eigenvalue weighted by Crippen LogP contribution is 2.19. The Morgan fingerprint density at radius 2 is 1.76 bits per heavy atom. The first kappa shape index (κ1) is 17.8. The molecule has 0 fully saturated rings. The largest absolute Gasteiger partial charge is 0.269 e. The number of hydrogen-bond acceptors (Lipinski definition) is 4. The number of nitro benzene ring substituents is 1. The van der Waals surface area contributed by atoms with E-state index in [1.807, 2.05) is 0 Å². The van der Waals surface area contributed by atoms with Crippen molar-refractivity contribution >= 4 is 23.8 Å². The van der Waals surface area contributed by atoms with E-state index in [-0.39, 0.29) is 11.4 Å². The Kier molecular flexibility index (Phi) is 5.65. The number of hydrogen-bond donors (Lipinski definition) is 1. The van der Waals surface area contributed by atoms with Gasteiger partial charge in [0.05, 0.1) is 10.7 Å². The molecule has 1 aromatic carbocycles. The first-order valence-corrected chi connectivity index (χ1v) is 12.1. The van der Waals surface area contributed by atoms with Crippen LogP contribution in [0.1, 0.15) is 18.5 Å². The Morgan fingerprint density at radius 3 is 2.19 bits per heavy atom. The summed E-state index contributed by atoms with van der Waals surface area (Å²) < 4.78 is 26.7. The van der Waals surface area contributed by atoms with Gasteiger partial charge in [-0.2, -0.15) is 0 Å². The van der Waals surface area contributed by atoms with Gasteiger partial charge in [-0.05, 0) is 18.5 Å². The van der Waals surface area contributed by atoms with Gasteiger partial charge in [-0.3, -0.25) is 10.1 Å². The third-order valence-corrected chi connectivity index (χ3v) is 6.65. The fourth-order valence-corrected chi connectivity index (χ4v) is 6.04. The molecule has 0 aromatic heterocycles. The molecule has 6 nitrogen and oxygen atoms in total. The molecule has 0 aliphatic heterocycles. The molecule has 0 heterocycles. The fraction of sp³-hybridized carbons (Fsp3) is 0.538. The number of nitrogens with one attached hydrogen (secondary N) is 1. The van der Waals surface area contributed by atoms with Gasteiger partial charge in [-0.1, -0.05) is 31.8 Å². The van der Waals surface area contributed by atoms with Crippen LogP contribution in [0.2, 0.25) is 25.7 Å². The van der Waals surface area contributed by atoms with Crippen molar-refractivity contribution < 1.29 is 13.3 Å². The van der Waals surface area contributed by atoms with Crippen molar-refractivity contribution in [3.63, 3.8) is 0 Å². The summed E-state index contributed by atoms with van der Waals surface area (Å²) in [5.74, 6) is 0.125. The lowest BCUT2D eigenvalue weighted by atomic mass is 10.1. The van der Waals surface area contributed by atoms with Gasteiger partial charge >= 0.3 is 0 Å². The molecule has 0 saturated heterocycles. The van der Waals surface area contributed by atoms with E-state index < -0.39 is 29.1 Å². The lowest BCUT2D eigenvalue weighted by molar-refractivity contribution is -0.384. The van der Waals surface area contributed by atoms with E-state index in [0.717, 1.165) is 0 Å². The van der Waals surface area contributed by atoms with E-state index in [2.05, 4.69) is 24.4 Å². The van der Waals surface area contributed by atoms with Crippen LogP contribution in [0.5, 0.6) is 0 Å².